The first-order chi connectivity index (χ1) is 8.68. The Kier molecular flexibility index (Phi) is 2.88. The molecule has 4 nitrogen and oxygen atoms in total. The summed E-state index contributed by atoms with van der Waals surface area (Å²) in [5.74, 6) is -1.29. The molecule has 0 spiro atoms. The first-order valence-electron chi connectivity index (χ1n) is 6.88. The van der Waals surface area contributed by atoms with Gasteiger partial charge in [0.2, 0.25) is 5.91 Å². The summed E-state index contributed by atoms with van der Waals surface area (Å²) in [6.45, 7) is 1.62. The van der Waals surface area contributed by atoms with Crippen LogP contribution in [0, 0.1) is 23.7 Å². The fraction of sp³-hybridized carbons (Fsp3) is 0.714. The lowest BCUT2D eigenvalue weighted by atomic mass is 9.82. The van der Waals surface area contributed by atoms with Crippen molar-refractivity contribution in [3.05, 3.63) is 12.2 Å². The molecule has 98 valence electrons. The molecule has 1 heterocycles. The lowest BCUT2D eigenvalue weighted by Gasteiger charge is -2.33. The van der Waals surface area contributed by atoms with Gasteiger partial charge < -0.3 is 10.0 Å². The third-order valence-corrected chi connectivity index (χ3v) is 4.70. The van der Waals surface area contributed by atoms with Crippen molar-refractivity contribution in [2.24, 2.45) is 23.7 Å². The van der Waals surface area contributed by atoms with Crippen molar-refractivity contribution >= 4 is 11.9 Å². The van der Waals surface area contributed by atoms with Crippen molar-refractivity contribution in [1.82, 2.24) is 4.90 Å². The zero-order valence-corrected chi connectivity index (χ0v) is 10.4. The Bertz CT molecular complexity index is 398. The van der Waals surface area contributed by atoms with Crippen molar-refractivity contribution in [2.75, 3.05) is 13.1 Å². The lowest BCUT2D eigenvalue weighted by molar-refractivity contribution is -0.151. The van der Waals surface area contributed by atoms with Gasteiger partial charge in [-0.25, -0.2) is 0 Å². The number of hydrogen-bond acceptors (Lipinski definition) is 2. The van der Waals surface area contributed by atoms with Crippen LogP contribution in [0.1, 0.15) is 25.7 Å². The fourth-order valence-electron chi connectivity index (χ4n) is 3.82. The summed E-state index contributed by atoms with van der Waals surface area (Å²) in [5, 5.41) is 9.35. The summed E-state index contributed by atoms with van der Waals surface area (Å²) >= 11 is 0. The highest BCUT2D eigenvalue weighted by Gasteiger charge is 2.52. The molecule has 1 amide bonds. The van der Waals surface area contributed by atoms with E-state index in [1.165, 1.54) is 6.42 Å². The van der Waals surface area contributed by atoms with E-state index in [0.29, 0.717) is 0 Å². The standard InChI is InChI=1S/C14H19NO3/c16-13(15-6-2-1-3-7-15)11-9-4-5-10(8-9)12(11)14(17)18/h4-5,9-12H,1-3,6-8H2,(H,17,18)/t9-,10+,11-,12+/m1/s1. The second kappa shape index (κ2) is 4.41. The number of amides is 1. The molecule has 4 atom stereocenters. The minimum absolute atomic E-state index is 0.0752. The van der Waals surface area contributed by atoms with Gasteiger partial charge in [0.25, 0.3) is 0 Å². The third kappa shape index (κ3) is 1.74. The van der Waals surface area contributed by atoms with E-state index < -0.39 is 11.9 Å². The summed E-state index contributed by atoms with van der Waals surface area (Å²) in [5.41, 5.74) is 0. The molecule has 1 N–H and O–H groups in total. The van der Waals surface area contributed by atoms with E-state index in [1.807, 2.05) is 11.0 Å². The third-order valence-electron chi connectivity index (χ3n) is 4.70. The van der Waals surface area contributed by atoms with Crippen molar-refractivity contribution in [1.29, 1.82) is 0 Å². The van der Waals surface area contributed by atoms with Crippen LogP contribution >= 0.6 is 0 Å². The molecule has 0 unspecified atom stereocenters. The minimum Gasteiger partial charge on any atom is -0.481 e. The van der Waals surface area contributed by atoms with Gasteiger partial charge in [0.05, 0.1) is 11.8 Å². The molecule has 0 aromatic heterocycles. The molecule has 1 saturated heterocycles. The van der Waals surface area contributed by atoms with Crippen molar-refractivity contribution in [3.8, 4) is 0 Å². The molecule has 0 radical (unpaired) electrons. The van der Waals surface area contributed by atoms with Crippen LogP contribution in [0.4, 0.5) is 0 Å². The summed E-state index contributed by atoms with van der Waals surface area (Å²) in [6, 6.07) is 0. The highest BCUT2D eigenvalue weighted by Crippen LogP contribution is 2.48. The molecular weight excluding hydrogens is 230 g/mol. The maximum absolute atomic E-state index is 12.5. The largest absolute Gasteiger partial charge is 0.481 e. The van der Waals surface area contributed by atoms with E-state index in [-0.39, 0.29) is 23.7 Å². The van der Waals surface area contributed by atoms with Gasteiger partial charge in [-0.3, -0.25) is 9.59 Å². The average molecular weight is 249 g/mol. The van der Waals surface area contributed by atoms with Crippen molar-refractivity contribution < 1.29 is 14.7 Å². The van der Waals surface area contributed by atoms with Crippen LogP contribution < -0.4 is 0 Å². The Morgan fingerprint density at radius 3 is 2.22 bits per heavy atom. The maximum atomic E-state index is 12.5. The molecule has 2 bridgehead atoms. The number of hydrogen-bond donors (Lipinski definition) is 1. The topological polar surface area (TPSA) is 57.6 Å². The van der Waals surface area contributed by atoms with Gasteiger partial charge in [-0.05, 0) is 37.5 Å². The summed E-state index contributed by atoms with van der Waals surface area (Å²) < 4.78 is 0. The van der Waals surface area contributed by atoms with Crippen LogP contribution in [0.3, 0.4) is 0 Å². The zero-order chi connectivity index (χ0) is 12.7. The SMILES string of the molecule is O=C(O)[C@@H]1[C@H](C(=O)N2CCCCC2)[C@@H]2C=C[C@H]1C2. The molecule has 3 rings (SSSR count). The fourth-order valence-corrected chi connectivity index (χ4v) is 3.82. The number of allylic oxidation sites excluding steroid dienone is 2. The van der Waals surface area contributed by atoms with Crippen LogP contribution in [-0.4, -0.2) is 35.0 Å². The summed E-state index contributed by atoms with van der Waals surface area (Å²) in [6.07, 6.45) is 8.18. The smallest absolute Gasteiger partial charge is 0.307 e. The number of carbonyl (C=O) groups excluding carboxylic acids is 1. The molecule has 2 fully saturated rings. The Morgan fingerprint density at radius 2 is 1.61 bits per heavy atom. The van der Waals surface area contributed by atoms with E-state index in [2.05, 4.69) is 6.08 Å². The molecule has 0 aromatic carbocycles. The molecule has 1 saturated carbocycles. The number of rotatable bonds is 2. The predicted molar refractivity (Wildman–Crippen MR) is 65.8 cm³/mol. The van der Waals surface area contributed by atoms with Crippen molar-refractivity contribution in [3.63, 3.8) is 0 Å². The Morgan fingerprint density at radius 1 is 1.00 bits per heavy atom. The first kappa shape index (κ1) is 11.8. The van der Waals surface area contributed by atoms with Crippen molar-refractivity contribution in [2.45, 2.75) is 25.7 Å². The molecule has 0 aromatic rings. The average Bonchev–Trinajstić information content (AvgIpc) is 2.99. The number of carbonyl (C=O) groups is 2. The van der Waals surface area contributed by atoms with Gasteiger partial charge >= 0.3 is 5.97 Å². The van der Waals surface area contributed by atoms with E-state index in [0.717, 1.165) is 32.4 Å². The predicted octanol–water partition coefficient (Wildman–Crippen LogP) is 1.52. The molecule has 2 aliphatic carbocycles. The molecule has 4 heteroatoms. The van der Waals surface area contributed by atoms with Crippen LogP contribution in [0.5, 0.6) is 0 Å². The second-order valence-electron chi connectivity index (χ2n) is 5.72. The Hall–Kier alpha value is -1.32. The summed E-state index contributed by atoms with van der Waals surface area (Å²) in [7, 11) is 0. The molecule has 1 aliphatic heterocycles. The van der Waals surface area contributed by atoms with Crippen LogP contribution in [0.15, 0.2) is 12.2 Å². The van der Waals surface area contributed by atoms with Gasteiger partial charge in [0.1, 0.15) is 0 Å². The molecular formula is C14H19NO3. The number of fused-ring (bicyclic) bond motifs is 2. The Labute approximate surface area is 107 Å². The quantitative estimate of drug-likeness (QED) is 0.755. The van der Waals surface area contributed by atoms with Gasteiger partial charge in [0, 0.05) is 13.1 Å². The normalized spacial score (nSPS) is 38.1. The Balaban J connectivity index is 1.79. The number of likely N-dealkylation sites (tertiary alicyclic amines) is 1. The minimum atomic E-state index is -0.804. The number of carboxylic acids is 1. The number of aliphatic carboxylic acids is 1. The second-order valence-corrected chi connectivity index (χ2v) is 5.72. The van der Waals surface area contributed by atoms with Gasteiger partial charge in [-0.1, -0.05) is 12.2 Å². The number of nitrogens with zero attached hydrogens (tertiary/aromatic N) is 1. The van der Waals surface area contributed by atoms with E-state index in [1.54, 1.807) is 0 Å². The zero-order valence-electron chi connectivity index (χ0n) is 10.4. The molecule has 18 heavy (non-hydrogen) atoms. The van der Waals surface area contributed by atoms with E-state index in [9.17, 15) is 14.7 Å². The summed E-state index contributed by atoms with van der Waals surface area (Å²) in [4.78, 5) is 25.8. The monoisotopic (exact) mass is 249 g/mol. The number of piperidine rings is 1. The van der Waals surface area contributed by atoms with Gasteiger partial charge in [-0.2, -0.15) is 0 Å². The highest BCUT2D eigenvalue weighted by atomic mass is 16.4. The first-order valence-corrected chi connectivity index (χ1v) is 6.88. The maximum Gasteiger partial charge on any atom is 0.307 e. The van der Waals surface area contributed by atoms with Gasteiger partial charge in [0.15, 0.2) is 0 Å². The van der Waals surface area contributed by atoms with E-state index in [4.69, 9.17) is 0 Å². The van der Waals surface area contributed by atoms with Gasteiger partial charge in [-0.15, -0.1) is 0 Å². The van der Waals surface area contributed by atoms with E-state index >= 15 is 0 Å². The van der Waals surface area contributed by atoms with Crippen LogP contribution in [0.2, 0.25) is 0 Å². The number of carboxylic acid groups (broad SMARTS) is 1. The molecule has 3 aliphatic rings. The van der Waals surface area contributed by atoms with Crippen LogP contribution in [-0.2, 0) is 9.59 Å². The highest BCUT2D eigenvalue weighted by molar-refractivity contribution is 5.87. The van der Waals surface area contributed by atoms with Crippen LogP contribution in [0.25, 0.3) is 0 Å². The lowest BCUT2D eigenvalue weighted by Crippen LogP contribution is -2.44.